The molecular weight excluding hydrogens is 244 g/mol. The van der Waals surface area contributed by atoms with Crippen molar-refractivity contribution in [2.24, 2.45) is 0 Å². The van der Waals surface area contributed by atoms with Crippen LogP contribution in [0.3, 0.4) is 0 Å². The molecule has 0 aliphatic rings. The number of hydrogen-bond acceptors (Lipinski definition) is 3. The van der Waals surface area contributed by atoms with Crippen LogP contribution in [0.25, 0.3) is 0 Å². The zero-order valence-electron chi connectivity index (χ0n) is 8.33. The van der Waals surface area contributed by atoms with E-state index in [0.29, 0.717) is 13.0 Å². The number of pyridine rings is 1. The normalized spacial score (nSPS) is 10.6. The van der Waals surface area contributed by atoms with E-state index in [1.165, 1.54) is 0 Å². The van der Waals surface area contributed by atoms with Gasteiger partial charge in [-0.15, -0.1) is 0 Å². The Morgan fingerprint density at radius 1 is 1.50 bits per heavy atom. The summed E-state index contributed by atoms with van der Waals surface area (Å²) in [6.07, 6.45) is 2.11. The maximum atomic E-state index is 11.4. The van der Waals surface area contributed by atoms with E-state index in [2.05, 4.69) is 20.9 Å². The van der Waals surface area contributed by atoms with Crippen LogP contribution >= 0.6 is 15.9 Å². The molecule has 1 aromatic heterocycles. The summed E-state index contributed by atoms with van der Waals surface area (Å²) in [4.78, 5) is 17.4. The van der Waals surface area contributed by atoms with E-state index in [1.807, 2.05) is 31.1 Å². The van der Waals surface area contributed by atoms with Crippen molar-refractivity contribution in [1.29, 1.82) is 0 Å². The molecule has 14 heavy (non-hydrogen) atoms. The zero-order valence-corrected chi connectivity index (χ0v) is 9.91. The molecule has 76 valence electrons. The Labute approximate surface area is 92.3 Å². The molecular formula is C10H13BrN2O. The van der Waals surface area contributed by atoms with Crippen LogP contribution in [0.5, 0.6) is 0 Å². The van der Waals surface area contributed by atoms with Gasteiger partial charge in [0.15, 0.2) is 5.78 Å². The van der Waals surface area contributed by atoms with Gasteiger partial charge in [-0.1, -0.05) is 0 Å². The molecule has 3 nitrogen and oxygen atoms in total. The first-order valence-corrected chi connectivity index (χ1v) is 5.14. The SMILES string of the molecule is CN(C)CC(=O)Cc1ccc(Br)cn1. The highest BCUT2D eigenvalue weighted by atomic mass is 79.9. The number of ketones is 1. The molecule has 0 spiro atoms. The molecule has 0 aromatic carbocycles. The van der Waals surface area contributed by atoms with Crippen molar-refractivity contribution in [3.05, 3.63) is 28.5 Å². The van der Waals surface area contributed by atoms with Crippen LogP contribution in [-0.2, 0) is 11.2 Å². The van der Waals surface area contributed by atoms with Crippen molar-refractivity contribution < 1.29 is 4.79 Å². The van der Waals surface area contributed by atoms with Gasteiger partial charge in [0.05, 0.1) is 13.0 Å². The second-order valence-electron chi connectivity index (χ2n) is 3.42. The molecule has 1 heterocycles. The number of likely N-dealkylation sites (N-methyl/N-ethyl adjacent to an activating group) is 1. The molecule has 1 aromatic rings. The van der Waals surface area contributed by atoms with Crippen LogP contribution in [0.2, 0.25) is 0 Å². The second-order valence-corrected chi connectivity index (χ2v) is 4.34. The first kappa shape index (κ1) is 11.3. The molecule has 0 saturated heterocycles. The van der Waals surface area contributed by atoms with Crippen molar-refractivity contribution in [2.75, 3.05) is 20.6 Å². The Balaban J connectivity index is 2.52. The lowest BCUT2D eigenvalue weighted by molar-refractivity contribution is -0.119. The van der Waals surface area contributed by atoms with E-state index in [0.717, 1.165) is 10.2 Å². The highest BCUT2D eigenvalue weighted by Crippen LogP contribution is 2.07. The summed E-state index contributed by atoms with van der Waals surface area (Å²) in [5, 5.41) is 0. The highest BCUT2D eigenvalue weighted by Gasteiger charge is 2.05. The first-order chi connectivity index (χ1) is 6.58. The smallest absolute Gasteiger partial charge is 0.152 e. The molecule has 0 amide bonds. The summed E-state index contributed by atoms with van der Waals surface area (Å²) in [6.45, 7) is 0.470. The third kappa shape index (κ3) is 3.98. The van der Waals surface area contributed by atoms with Crippen LogP contribution in [0.4, 0.5) is 0 Å². The number of hydrogen-bond donors (Lipinski definition) is 0. The monoisotopic (exact) mass is 256 g/mol. The van der Waals surface area contributed by atoms with Gasteiger partial charge >= 0.3 is 0 Å². The van der Waals surface area contributed by atoms with Crippen molar-refractivity contribution in [1.82, 2.24) is 9.88 Å². The molecule has 4 heteroatoms. The van der Waals surface area contributed by atoms with Crippen LogP contribution < -0.4 is 0 Å². The largest absolute Gasteiger partial charge is 0.302 e. The minimum atomic E-state index is 0.185. The van der Waals surface area contributed by atoms with Crippen LogP contribution in [0.1, 0.15) is 5.69 Å². The Bertz CT molecular complexity index is 308. The number of rotatable bonds is 4. The minimum absolute atomic E-state index is 0.185. The molecule has 0 radical (unpaired) electrons. The molecule has 0 N–H and O–H groups in total. The second kappa shape index (κ2) is 5.22. The maximum absolute atomic E-state index is 11.4. The summed E-state index contributed by atoms with van der Waals surface area (Å²) < 4.78 is 0.932. The van der Waals surface area contributed by atoms with Gasteiger partial charge in [0, 0.05) is 16.4 Å². The van der Waals surface area contributed by atoms with Gasteiger partial charge < -0.3 is 4.90 Å². The standard InChI is InChI=1S/C10H13BrN2O/c1-13(2)7-10(14)5-9-4-3-8(11)6-12-9/h3-4,6H,5,7H2,1-2H3. The van der Waals surface area contributed by atoms with Crippen LogP contribution in [0, 0.1) is 0 Å². The van der Waals surface area contributed by atoms with E-state index in [-0.39, 0.29) is 5.78 Å². The third-order valence-corrected chi connectivity index (χ3v) is 2.13. The van der Waals surface area contributed by atoms with Gasteiger partial charge in [-0.05, 0) is 42.2 Å². The highest BCUT2D eigenvalue weighted by molar-refractivity contribution is 9.10. The molecule has 0 bridgehead atoms. The van der Waals surface area contributed by atoms with Gasteiger partial charge in [-0.2, -0.15) is 0 Å². The maximum Gasteiger partial charge on any atom is 0.152 e. The zero-order chi connectivity index (χ0) is 10.6. The Kier molecular flexibility index (Phi) is 4.22. The summed E-state index contributed by atoms with van der Waals surface area (Å²) in [7, 11) is 3.76. The van der Waals surface area contributed by atoms with E-state index < -0.39 is 0 Å². The fraction of sp³-hybridized carbons (Fsp3) is 0.400. The van der Waals surface area contributed by atoms with Crippen LogP contribution in [-0.4, -0.2) is 36.3 Å². The number of aromatic nitrogens is 1. The first-order valence-electron chi connectivity index (χ1n) is 4.35. The fourth-order valence-corrected chi connectivity index (χ4v) is 1.36. The number of nitrogens with zero attached hydrogens (tertiary/aromatic N) is 2. The number of halogens is 1. The molecule has 0 unspecified atom stereocenters. The van der Waals surface area contributed by atoms with Gasteiger partial charge in [0.25, 0.3) is 0 Å². The average Bonchev–Trinajstić information content (AvgIpc) is 2.07. The Morgan fingerprint density at radius 3 is 2.71 bits per heavy atom. The lowest BCUT2D eigenvalue weighted by atomic mass is 10.2. The summed E-state index contributed by atoms with van der Waals surface area (Å²) >= 11 is 3.30. The summed E-state index contributed by atoms with van der Waals surface area (Å²) in [5.74, 6) is 0.185. The lowest BCUT2D eigenvalue weighted by Gasteiger charge is -2.07. The number of Topliss-reactive ketones (excluding diaryl/α,β-unsaturated/α-hetero) is 1. The molecule has 0 atom stereocenters. The Morgan fingerprint density at radius 2 is 2.21 bits per heavy atom. The van der Waals surface area contributed by atoms with E-state index >= 15 is 0 Å². The van der Waals surface area contributed by atoms with E-state index in [9.17, 15) is 4.79 Å². The van der Waals surface area contributed by atoms with Crippen molar-refractivity contribution in [3.8, 4) is 0 Å². The predicted molar refractivity (Wildman–Crippen MR) is 59.2 cm³/mol. The van der Waals surface area contributed by atoms with Crippen molar-refractivity contribution in [2.45, 2.75) is 6.42 Å². The number of carbonyl (C=O) groups is 1. The van der Waals surface area contributed by atoms with E-state index in [1.54, 1.807) is 6.20 Å². The molecule has 1 rings (SSSR count). The van der Waals surface area contributed by atoms with E-state index in [4.69, 9.17) is 0 Å². The molecule has 0 saturated carbocycles. The molecule has 0 aliphatic heterocycles. The van der Waals surface area contributed by atoms with Gasteiger partial charge in [0.2, 0.25) is 0 Å². The van der Waals surface area contributed by atoms with Crippen molar-refractivity contribution in [3.63, 3.8) is 0 Å². The summed E-state index contributed by atoms with van der Waals surface area (Å²) in [6, 6.07) is 3.75. The topological polar surface area (TPSA) is 33.2 Å². The minimum Gasteiger partial charge on any atom is -0.302 e. The Hall–Kier alpha value is -0.740. The quantitative estimate of drug-likeness (QED) is 0.819. The van der Waals surface area contributed by atoms with Gasteiger partial charge in [-0.3, -0.25) is 9.78 Å². The lowest BCUT2D eigenvalue weighted by Crippen LogP contribution is -2.23. The van der Waals surface area contributed by atoms with Crippen molar-refractivity contribution >= 4 is 21.7 Å². The number of carbonyl (C=O) groups excluding carboxylic acids is 1. The van der Waals surface area contributed by atoms with Crippen LogP contribution in [0.15, 0.2) is 22.8 Å². The molecule has 0 aliphatic carbocycles. The average molecular weight is 257 g/mol. The van der Waals surface area contributed by atoms with Gasteiger partial charge in [0.1, 0.15) is 0 Å². The fourth-order valence-electron chi connectivity index (χ4n) is 1.12. The summed E-state index contributed by atoms with van der Waals surface area (Å²) in [5.41, 5.74) is 0.819. The molecule has 0 fully saturated rings. The predicted octanol–water partition coefficient (Wildman–Crippen LogP) is 1.52. The third-order valence-electron chi connectivity index (χ3n) is 1.66. The van der Waals surface area contributed by atoms with Gasteiger partial charge in [-0.25, -0.2) is 0 Å².